The van der Waals surface area contributed by atoms with Crippen molar-refractivity contribution in [1.29, 1.82) is 0 Å². The monoisotopic (exact) mass is 489 g/mol. The van der Waals surface area contributed by atoms with Gasteiger partial charge in [-0.2, -0.15) is 0 Å². The molecule has 0 atom stereocenters. The van der Waals surface area contributed by atoms with Gasteiger partial charge >= 0.3 is 0 Å². The first-order chi connectivity index (χ1) is 15.3. The van der Waals surface area contributed by atoms with Crippen LogP contribution in [0.1, 0.15) is 25.6 Å². The molecule has 0 radical (unpaired) electrons. The second kappa shape index (κ2) is 10.6. The van der Waals surface area contributed by atoms with Crippen molar-refractivity contribution in [2.24, 2.45) is 0 Å². The van der Waals surface area contributed by atoms with E-state index in [1.54, 1.807) is 47.8 Å². The molecule has 3 rings (SSSR count). The van der Waals surface area contributed by atoms with Crippen LogP contribution in [0.4, 0.5) is 11.4 Å². The predicted octanol–water partition coefficient (Wildman–Crippen LogP) is 4.51. The fourth-order valence-electron chi connectivity index (χ4n) is 2.70. The molecule has 166 valence electrons. The van der Waals surface area contributed by atoms with Crippen LogP contribution in [0.3, 0.4) is 0 Å². The first-order valence-electron chi connectivity index (χ1n) is 9.40. The minimum atomic E-state index is -3.47. The van der Waals surface area contributed by atoms with E-state index in [9.17, 15) is 18.0 Å². The van der Waals surface area contributed by atoms with Gasteiger partial charge in [-0.3, -0.25) is 9.59 Å². The summed E-state index contributed by atoms with van der Waals surface area (Å²) in [7, 11) is -3.47. The van der Waals surface area contributed by atoms with E-state index in [2.05, 4.69) is 21.9 Å². The van der Waals surface area contributed by atoms with E-state index in [-0.39, 0.29) is 18.2 Å². The zero-order valence-electron chi connectivity index (χ0n) is 16.8. The molecular formula is C22H20ClN3O4S2. The standard InChI is InChI=1S/C22H20ClN3O4S2/c1-2-11-24-32(29,30)14-15-5-8-17(9-6-15)25-21(27)16-7-10-18(23)19(13-16)26-22(28)20-4-3-12-31-20/h2-10,12-13,24H,1,11,14H2,(H,25,27)(H,26,28). The lowest BCUT2D eigenvalue weighted by Gasteiger charge is -2.10. The van der Waals surface area contributed by atoms with Gasteiger partial charge in [0.15, 0.2) is 0 Å². The van der Waals surface area contributed by atoms with Gasteiger partial charge in [0.2, 0.25) is 10.0 Å². The molecule has 10 heteroatoms. The molecule has 0 unspecified atom stereocenters. The molecule has 0 aliphatic rings. The van der Waals surface area contributed by atoms with Gasteiger partial charge in [-0.1, -0.05) is 35.9 Å². The van der Waals surface area contributed by atoms with Gasteiger partial charge in [0, 0.05) is 17.8 Å². The molecule has 3 aromatic rings. The fraction of sp³-hybridized carbons (Fsp3) is 0.0909. The molecule has 0 saturated carbocycles. The highest BCUT2D eigenvalue weighted by molar-refractivity contribution is 7.88. The summed E-state index contributed by atoms with van der Waals surface area (Å²) in [6.45, 7) is 3.64. The van der Waals surface area contributed by atoms with E-state index >= 15 is 0 Å². The third-order valence-electron chi connectivity index (χ3n) is 4.24. The van der Waals surface area contributed by atoms with Crippen molar-refractivity contribution in [3.8, 4) is 0 Å². The quantitative estimate of drug-likeness (QED) is 0.384. The van der Waals surface area contributed by atoms with Gasteiger partial charge in [0.25, 0.3) is 11.8 Å². The first kappa shape index (κ1) is 23.7. The van der Waals surface area contributed by atoms with Crippen molar-refractivity contribution in [1.82, 2.24) is 4.72 Å². The van der Waals surface area contributed by atoms with Gasteiger partial charge < -0.3 is 10.6 Å². The van der Waals surface area contributed by atoms with Crippen LogP contribution in [0.25, 0.3) is 0 Å². The number of carbonyl (C=O) groups is 2. The van der Waals surface area contributed by atoms with Gasteiger partial charge in [-0.15, -0.1) is 17.9 Å². The van der Waals surface area contributed by atoms with Crippen LogP contribution in [-0.2, 0) is 15.8 Å². The predicted molar refractivity (Wildman–Crippen MR) is 129 cm³/mol. The maximum Gasteiger partial charge on any atom is 0.265 e. The molecule has 1 aromatic heterocycles. The number of halogens is 1. The van der Waals surface area contributed by atoms with E-state index in [1.807, 2.05) is 0 Å². The Bertz CT molecular complexity index is 1220. The van der Waals surface area contributed by atoms with Crippen LogP contribution in [0.2, 0.25) is 5.02 Å². The highest BCUT2D eigenvalue weighted by Gasteiger charge is 2.14. The van der Waals surface area contributed by atoms with E-state index in [0.717, 1.165) is 0 Å². The highest BCUT2D eigenvalue weighted by Crippen LogP contribution is 2.25. The molecule has 32 heavy (non-hydrogen) atoms. The van der Waals surface area contributed by atoms with Gasteiger partial charge in [-0.25, -0.2) is 13.1 Å². The van der Waals surface area contributed by atoms with Crippen molar-refractivity contribution >= 4 is 56.2 Å². The molecule has 3 N–H and O–H groups in total. The van der Waals surface area contributed by atoms with Crippen molar-refractivity contribution in [3.05, 3.63) is 93.7 Å². The number of nitrogens with one attached hydrogen (secondary N) is 3. The van der Waals surface area contributed by atoms with Crippen LogP contribution in [0, 0.1) is 0 Å². The summed E-state index contributed by atoms with van der Waals surface area (Å²) >= 11 is 7.46. The van der Waals surface area contributed by atoms with Gasteiger partial charge in [0.05, 0.1) is 21.3 Å². The SMILES string of the molecule is C=CCNS(=O)(=O)Cc1ccc(NC(=O)c2ccc(Cl)c(NC(=O)c3cccs3)c2)cc1. The largest absolute Gasteiger partial charge is 0.322 e. The highest BCUT2D eigenvalue weighted by atomic mass is 35.5. The summed E-state index contributed by atoms with van der Waals surface area (Å²) in [4.78, 5) is 25.4. The maximum atomic E-state index is 12.6. The normalized spacial score (nSPS) is 11.0. The second-order valence-corrected chi connectivity index (χ2v) is 9.84. The number of sulfonamides is 1. The summed E-state index contributed by atoms with van der Waals surface area (Å²) in [5, 5.41) is 7.54. The van der Waals surface area contributed by atoms with Crippen LogP contribution in [0.15, 0.2) is 72.6 Å². The number of benzene rings is 2. The molecule has 0 bridgehead atoms. The van der Waals surface area contributed by atoms with Crippen molar-refractivity contribution in [2.45, 2.75) is 5.75 Å². The summed E-state index contributed by atoms with van der Waals surface area (Å²) in [6, 6.07) is 14.5. The summed E-state index contributed by atoms with van der Waals surface area (Å²) in [5.74, 6) is -0.895. The molecule has 0 saturated heterocycles. The number of thiophene rings is 1. The Morgan fingerprint density at radius 2 is 1.78 bits per heavy atom. The number of rotatable bonds is 9. The third-order valence-corrected chi connectivity index (χ3v) is 6.76. The molecular weight excluding hydrogens is 470 g/mol. The second-order valence-electron chi connectivity index (χ2n) is 6.67. The lowest BCUT2D eigenvalue weighted by atomic mass is 10.1. The Hall–Kier alpha value is -2.98. The lowest BCUT2D eigenvalue weighted by Crippen LogP contribution is -2.25. The molecule has 2 aromatic carbocycles. The van der Waals surface area contributed by atoms with Gasteiger partial charge in [-0.05, 0) is 47.3 Å². The van der Waals surface area contributed by atoms with E-state index in [0.29, 0.717) is 32.4 Å². The number of carbonyl (C=O) groups excluding carboxylic acids is 2. The van der Waals surface area contributed by atoms with Crippen molar-refractivity contribution in [2.75, 3.05) is 17.2 Å². The fourth-order valence-corrected chi connectivity index (χ4v) is 4.59. The Labute approximate surface area is 195 Å². The average molecular weight is 490 g/mol. The minimum Gasteiger partial charge on any atom is -0.322 e. The number of amides is 2. The minimum absolute atomic E-state index is 0.160. The zero-order valence-corrected chi connectivity index (χ0v) is 19.2. The zero-order chi connectivity index (χ0) is 23.1. The Morgan fingerprint density at radius 3 is 2.44 bits per heavy atom. The third kappa shape index (κ3) is 6.51. The molecule has 0 spiro atoms. The molecule has 1 heterocycles. The van der Waals surface area contributed by atoms with Gasteiger partial charge in [0.1, 0.15) is 0 Å². The van der Waals surface area contributed by atoms with Crippen LogP contribution < -0.4 is 15.4 Å². The first-order valence-corrected chi connectivity index (χ1v) is 12.3. The molecule has 0 aliphatic heterocycles. The molecule has 0 fully saturated rings. The van der Waals surface area contributed by atoms with Crippen LogP contribution in [0.5, 0.6) is 0 Å². The molecule has 0 aliphatic carbocycles. The number of hydrogen-bond acceptors (Lipinski definition) is 5. The lowest BCUT2D eigenvalue weighted by molar-refractivity contribution is 0.101. The Kier molecular flexibility index (Phi) is 7.81. The summed E-state index contributed by atoms with van der Waals surface area (Å²) in [5.41, 5.74) is 1.69. The van der Waals surface area contributed by atoms with E-state index in [4.69, 9.17) is 11.6 Å². The topological polar surface area (TPSA) is 104 Å². The molecule has 2 amide bonds. The van der Waals surface area contributed by atoms with Crippen molar-refractivity contribution in [3.63, 3.8) is 0 Å². The smallest absolute Gasteiger partial charge is 0.265 e. The van der Waals surface area contributed by atoms with E-state index < -0.39 is 15.9 Å². The average Bonchev–Trinajstić information content (AvgIpc) is 3.30. The molecule has 7 nitrogen and oxygen atoms in total. The summed E-state index contributed by atoms with van der Waals surface area (Å²) in [6.07, 6.45) is 1.46. The number of anilines is 2. The van der Waals surface area contributed by atoms with Crippen molar-refractivity contribution < 1.29 is 18.0 Å². The Balaban J connectivity index is 1.66. The number of hydrogen-bond donors (Lipinski definition) is 3. The Morgan fingerprint density at radius 1 is 1.03 bits per heavy atom. The summed E-state index contributed by atoms with van der Waals surface area (Å²) < 4.78 is 26.3. The van der Waals surface area contributed by atoms with Crippen LogP contribution in [-0.4, -0.2) is 26.8 Å². The van der Waals surface area contributed by atoms with E-state index in [1.165, 1.54) is 29.5 Å². The van der Waals surface area contributed by atoms with Crippen LogP contribution >= 0.6 is 22.9 Å². The maximum absolute atomic E-state index is 12.6.